The molecule has 0 aliphatic carbocycles. The zero-order valence-electron chi connectivity index (χ0n) is 13.5. The van der Waals surface area contributed by atoms with Gasteiger partial charge < -0.3 is 10.2 Å². The quantitative estimate of drug-likeness (QED) is 0.824. The average Bonchev–Trinajstić information content (AvgIpc) is 2.99. The smallest absolute Gasteiger partial charge is 0.333 e. The molecule has 0 fully saturated rings. The lowest BCUT2D eigenvalue weighted by atomic mass is 10.1. The van der Waals surface area contributed by atoms with E-state index in [2.05, 4.69) is 5.32 Å². The average molecular weight is 368 g/mol. The Morgan fingerprint density at radius 2 is 1.96 bits per heavy atom. The Labute approximate surface area is 147 Å². The predicted octanol–water partition coefficient (Wildman–Crippen LogP) is 2.68. The molecular weight excluding hydrogens is 351 g/mol. The molecule has 2 aromatic rings. The van der Waals surface area contributed by atoms with Gasteiger partial charge in [-0.1, -0.05) is 12.1 Å². The minimum Gasteiger partial charge on any atom is -0.333 e. The number of thiophene rings is 1. The zero-order valence-corrected chi connectivity index (χ0v) is 14.3. The summed E-state index contributed by atoms with van der Waals surface area (Å²) < 4.78 is 37.6. The number of halogens is 3. The largest absolute Gasteiger partial charge is 0.416 e. The lowest BCUT2D eigenvalue weighted by Crippen LogP contribution is -3.07. The van der Waals surface area contributed by atoms with Crippen LogP contribution in [0.2, 0.25) is 0 Å². The second kappa shape index (κ2) is 8.14. The number of nitrogens with zero attached hydrogens (tertiary/aromatic N) is 1. The first-order valence-electron chi connectivity index (χ1n) is 7.54. The molecule has 2 rings (SSSR count). The molecule has 0 aliphatic heterocycles. The third-order valence-electron chi connectivity index (χ3n) is 3.60. The number of carbonyl (C=O) groups is 1. The summed E-state index contributed by atoms with van der Waals surface area (Å²) in [6, 6.07) is 8.69. The predicted molar refractivity (Wildman–Crippen MR) is 89.2 cm³/mol. The Morgan fingerprint density at radius 1 is 1.28 bits per heavy atom. The van der Waals surface area contributed by atoms with Crippen LogP contribution >= 0.6 is 11.3 Å². The highest BCUT2D eigenvalue weighted by atomic mass is 32.1. The third-order valence-corrected chi connectivity index (χ3v) is 4.43. The summed E-state index contributed by atoms with van der Waals surface area (Å²) in [6.07, 6.45) is -4.07. The molecule has 1 heterocycles. The maximum atomic E-state index is 12.5. The second-order valence-electron chi connectivity index (χ2n) is 5.65. The molecule has 1 atom stereocenters. The first kappa shape index (κ1) is 19.0. The van der Waals surface area contributed by atoms with Crippen LogP contribution < -0.4 is 10.2 Å². The molecule has 1 unspecified atom stereocenters. The summed E-state index contributed by atoms with van der Waals surface area (Å²) in [4.78, 5) is 12.9. The third kappa shape index (κ3) is 5.59. The van der Waals surface area contributed by atoms with E-state index in [0.717, 1.165) is 22.6 Å². The van der Waals surface area contributed by atoms with Crippen molar-refractivity contribution in [1.82, 2.24) is 0 Å². The Balaban J connectivity index is 1.81. The topological polar surface area (TPSA) is 57.3 Å². The van der Waals surface area contributed by atoms with Crippen molar-refractivity contribution < 1.29 is 22.9 Å². The van der Waals surface area contributed by atoms with Gasteiger partial charge in [0, 0.05) is 5.56 Å². The summed E-state index contributed by atoms with van der Waals surface area (Å²) in [5, 5.41) is 13.9. The summed E-state index contributed by atoms with van der Waals surface area (Å²) in [6.45, 7) is 1.05. The van der Waals surface area contributed by atoms with Crippen molar-refractivity contribution in [2.75, 3.05) is 18.9 Å². The molecule has 1 aromatic heterocycles. The molecule has 0 bridgehead atoms. The number of nitrogens with one attached hydrogen (secondary N) is 2. The maximum absolute atomic E-state index is 12.5. The fourth-order valence-corrected chi connectivity index (χ4v) is 3.01. The van der Waals surface area contributed by atoms with E-state index in [1.807, 2.05) is 13.1 Å². The van der Waals surface area contributed by atoms with Crippen LogP contribution in [0.3, 0.4) is 0 Å². The SMILES string of the molecule is C[NH+](CCC(=O)Nc1sccc1C#N)Cc1ccc(C(F)(F)F)cc1. The molecule has 0 aliphatic rings. The number of alkyl halides is 3. The van der Waals surface area contributed by atoms with Crippen LogP contribution in [0.15, 0.2) is 35.7 Å². The van der Waals surface area contributed by atoms with Crippen LogP contribution in [0.1, 0.15) is 23.1 Å². The Hall–Kier alpha value is -2.37. The number of nitriles is 1. The van der Waals surface area contributed by atoms with E-state index in [1.165, 1.54) is 23.5 Å². The van der Waals surface area contributed by atoms with Crippen molar-refractivity contribution in [3.8, 4) is 6.07 Å². The standard InChI is InChI=1S/C17H16F3N3OS/c1-23(11-12-2-4-14(5-3-12)17(18,19)20)8-6-15(24)22-16-13(10-21)7-9-25-16/h2-5,7,9H,6,8,11H2,1H3,(H,22,24)/p+1. The van der Waals surface area contributed by atoms with E-state index in [0.29, 0.717) is 23.7 Å². The van der Waals surface area contributed by atoms with Gasteiger partial charge in [-0.05, 0) is 23.6 Å². The number of anilines is 1. The molecule has 8 heteroatoms. The summed E-state index contributed by atoms with van der Waals surface area (Å²) in [7, 11) is 1.87. The molecule has 0 spiro atoms. The lowest BCUT2D eigenvalue weighted by molar-refractivity contribution is -0.893. The highest BCUT2D eigenvalue weighted by molar-refractivity contribution is 7.14. The maximum Gasteiger partial charge on any atom is 0.416 e. The van der Waals surface area contributed by atoms with E-state index in [9.17, 15) is 18.0 Å². The monoisotopic (exact) mass is 368 g/mol. The van der Waals surface area contributed by atoms with Gasteiger partial charge in [-0.15, -0.1) is 11.3 Å². The molecule has 0 saturated heterocycles. The van der Waals surface area contributed by atoms with Crippen LogP contribution in [0.4, 0.5) is 18.2 Å². The van der Waals surface area contributed by atoms with E-state index in [-0.39, 0.29) is 12.3 Å². The van der Waals surface area contributed by atoms with Gasteiger partial charge in [0.25, 0.3) is 0 Å². The first-order chi connectivity index (χ1) is 11.8. The Kier molecular flexibility index (Phi) is 6.17. The fourth-order valence-electron chi connectivity index (χ4n) is 2.26. The van der Waals surface area contributed by atoms with Gasteiger partial charge in [-0.25, -0.2) is 0 Å². The van der Waals surface area contributed by atoms with Crippen LogP contribution in [0, 0.1) is 11.3 Å². The van der Waals surface area contributed by atoms with Gasteiger partial charge in [-0.2, -0.15) is 18.4 Å². The molecule has 4 nitrogen and oxygen atoms in total. The zero-order chi connectivity index (χ0) is 18.4. The minimum atomic E-state index is -4.33. The number of amides is 1. The number of quaternary nitrogens is 1. The van der Waals surface area contributed by atoms with Gasteiger partial charge in [0.05, 0.1) is 31.1 Å². The van der Waals surface area contributed by atoms with Crippen molar-refractivity contribution in [1.29, 1.82) is 5.26 Å². The number of hydrogen-bond donors (Lipinski definition) is 2. The normalized spacial score (nSPS) is 12.4. The highest BCUT2D eigenvalue weighted by Crippen LogP contribution is 2.29. The summed E-state index contributed by atoms with van der Waals surface area (Å²) >= 11 is 1.29. The minimum absolute atomic E-state index is 0.189. The van der Waals surface area contributed by atoms with Crippen molar-refractivity contribution in [2.24, 2.45) is 0 Å². The van der Waals surface area contributed by atoms with Gasteiger partial charge >= 0.3 is 6.18 Å². The highest BCUT2D eigenvalue weighted by Gasteiger charge is 2.30. The molecule has 2 N–H and O–H groups in total. The number of rotatable bonds is 6. The van der Waals surface area contributed by atoms with Gasteiger partial charge in [0.15, 0.2) is 0 Å². The molecule has 0 radical (unpaired) electrons. The summed E-state index contributed by atoms with van der Waals surface area (Å²) in [5.41, 5.74) is 0.539. The van der Waals surface area contributed by atoms with Crippen molar-refractivity contribution in [2.45, 2.75) is 19.1 Å². The van der Waals surface area contributed by atoms with E-state index >= 15 is 0 Å². The van der Waals surface area contributed by atoms with Gasteiger partial charge in [0.2, 0.25) is 5.91 Å². The van der Waals surface area contributed by atoms with E-state index in [1.54, 1.807) is 11.4 Å². The van der Waals surface area contributed by atoms with Crippen molar-refractivity contribution in [3.05, 3.63) is 52.4 Å². The molecule has 132 valence electrons. The van der Waals surface area contributed by atoms with E-state index < -0.39 is 11.7 Å². The number of benzene rings is 1. The van der Waals surface area contributed by atoms with Gasteiger partial charge in [-0.3, -0.25) is 4.79 Å². The van der Waals surface area contributed by atoms with Crippen LogP contribution in [0.5, 0.6) is 0 Å². The van der Waals surface area contributed by atoms with Crippen molar-refractivity contribution in [3.63, 3.8) is 0 Å². The van der Waals surface area contributed by atoms with Gasteiger partial charge in [0.1, 0.15) is 17.6 Å². The van der Waals surface area contributed by atoms with Crippen LogP contribution in [-0.2, 0) is 17.5 Å². The van der Waals surface area contributed by atoms with Crippen LogP contribution in [0.25, 0.3) is 0 Å². The molecule has 25 heavy (non-hydrogen) atoms. The molecule has 1 amide bonds. The second-order valence-corrected chi connectivity index (χ2v) is 6.57. The van der Waals surface area contributed by atoms with E-state index in [4.69, 9.17) is 5.26 Å². The molecule has 0 saturated carbocycles. The number of carbonyl (C=O) groups excluding carboxylic acids is 1. The molecular formula is C17H17F3N3OS+. The summed E-state index contributed by atoms with van der Waals surface area (Å²) in [5.74, 6) is -0.189. The number of hydrogen-bond acceptors (Lipinski definition) is 3. The molecule has 1 aromatic carbocycles. The Bertz CT molecular complexity index is 763. The fraction of sp³-hybridized carbons (Fsp3) is 0.294. The Morgan fingerprint density at radius 3 is 2.56 bits per heavy atom. The first-order valence-corrected chi connectivity index (χ1v) is 8.42. The van der Waals surface area contributed by atoms with Crippen molar-refractivity contribution >= 4 is 22.2 Å². The van der Waals surface area contributed by atoms with Crippen LogP contribution in [-0.4, -0.2) is 19.5 Å². The lowest BCUT2D eigenvalue weighted by Gasteiger charge is -2.14.